The highest BCUT2D eigenvalue weighted by Crippen LogP contribution is 2.06. The maximum absolute atomic E-state index is 12.2. The minimum absolute atomic E-state index is 0.0521. The number of carbonyl (C=O) groups excluding carboxylic acids is 2. The lowest BCUT2D eigenvalue weighted by atomic mass is 10.1. The van der Waals surface area contributed by atoms with E-state index in [1.54, 1.807) is 0 Å². The number of benzene rings is 1. The average Bonchev–Trinajstić information content (AvgIpc) is 2.62. The minimum atomic E-state index is 0.0521. The molecule has 2 N–H and O–H groups in total. The van der Waals surface area contributed by atoms with Crippen molar-refractivity contribution in [2.45, 2.75) is 39.8 Å². The molecule has 1 aromatic rings. The molecular formula is C20H32N4O2. The van der Waals surface area contributed by atoms with Gasteiger partial charge in [-0.3, -0.25) is 19.4 Å². The van der Waals surface area contributed by atoms with Gasteiger partial charge in [-0.15, -0.1) is 0 Å². The van der Waals surface area contributed by atoms with Crippen LogP contribution in [-0.2, 0) is 16.1 Å². The van der Waals surface area contributed by atoms with Gasteiger partial charge in [-0.05, 0) is 31.4 Å². The number of rotatable bonds is 8. The highest BCUT2D eigenvalue weighted by molar-refractivity contribution is 5.78. The fourth-order valence-electron chi connectivity index (χ4n) is 2.99. The summed E-state index contributed by atoms with van der Waals surface area (Å²) in [6, 6.07) is 8.31. The van der Waals surface area contributed by atoms with Crippen LogP contribution in [0, 0.1) is 6.92 Å². The first-order valence-electron chi connectivity index (χ1n) is 9.53. The fourth-order valence-corrected chi connectivity index (χ4v) is 2.99. The highest BCUT2D eigenvalue weighted by atomic mass is 16.2. The van der Waals surface area contributed by atoms with Gasteiger partial charge in [0.2, 0.25) is 11.8 Å². The lowest BCUT2D eigenvalue weighted by Crippen LogP contribution is -2.52. The maximum atomic E-state index is 12.2. The van der Waals surface area contributed by atoms with E-state index in [-0.39, 0.29) is 17.9 Å². The Balaban J connectivity index is 1.66. The van der Waals surface area contributed by atoms with Crippen LogP contribution in [0.15, 0.2) is 24.3 Å². The van der Waals surface area contributed by atoms with Crippen molar-refractivity contribution in [3.05, 3.63) is 35.4 Å². The topological polar surface area (TPSA) is 64.7 Å². The molecule has 1 aliphatic rings. The zero-order valence-electron chi connectivity index (χ0n) is 16.3. The number of piperazine rings is 1. The second kappa shape index (κ2) is 10.3. The molecule has 1 heterocycles. The third-order valence-corrected chi connectivity index (χ3v) is 4.96. The Morgan fingerprint density at radius 3 is 2.19 bits per heavy atom. The number of carbonyl (C=O) groups is 2. The summed E-state index contributed by atoms with van der Waals surface area (Å²) in [7, 11) is 0. The van der Waals surface area contributed by atoms with Crippen molar-refractivity contribution in [3.8, 4) is 0 Å². The van der Waals surface area contributed by atoms with Crippen LogP contribution in [0.2, 0.25) is 0 Å². The van der Waals surface area contributed by atoms with Crippen LogP contribution in [-0.4, -0.2) is 66.9 Å². The van der Waals surface area contributed by atoms with Crippen LogP contribution in [0.3, 0.4) is 0 Å². The van der Waals surface area contributed by atoms with Crippen LogP contribution < -0.4 is 10.6 Å². The molecule has 26 heavy (non-hydrogen) atoms. The summed E-state index contributed by atoms with van der Waals surface area (Å²) >= 11 is 0. The predicted molar refractivity (Wildman–Crippen MR) is 104 cm³/mol. The van der Waals surface area contributed by atoms with Crippen LogP contribution in [0.25, 0.3) is 0 Å². The zero-order chi connectivity index (χ0) is 18.9. The Bertz CT molecular complexity index is 597. The Hall–Kier alpha value is -1.92. The van der Waals surface area contributed by atoms with Gasteiger partial charge < -0.3 is 10.6 Å². The van der Waals surface area contributed by atoms with Gasteiger partial charge in [0.05, 0.1) is 13.1 Å². The van der Waals surface area contributed by atoms with Crippen LogP contribution >= 0.6 is 0 Å². The van der Waals surface area contributed by atoms with E-state index in [4.69, 9.17) is 0 Å². The van der Waals surface area contributed by atoms with Gasteiger partial charge in [-0.25, -0.2) is 0 Å². The quantitative estimate of drug-likeness (QED) is 0.730. The number of nitrogens with zero attached hydrogens (tertiary/aromatic N) is 2. The lowest BCUT2D eigenvalue weighted by molar-refractivity contribution is -0.125. The molecule has 2 rings (SSSR count). The van der Waals surface area contributed by atoms with Gasteiger partial charge >= 0.3 is 0 Å². The Morgan fingerprint density at radius 1 is 1.04 bits per heavy atom. The predicted octanol–water partition coefficient (Wildman–Crippen LogP) is 1.14. The summed E-state index contributed by atoms with van der Waals surface area (Å²) in [5, 5.41) is 6.00. The molecule has 1 unspecified atom stereocenters. The fraction of sp³-hybridized carbons (Fsp3) is 0.600. The monoisotopic (exact) mass is 360 g/mol. The maximum Gasteiger partial charge on any atom is 0.234 e. The van der Waals surface area contributed by atoms with Crippen molar-refractivity contribution < 1.29 is 9.59 Å². The Kier molecular flexibility index (Phi) is 8.06. The molecule has 0 radical (unpaired) electrons. The Morgan fingerprint density at radius 2 is 1.62 bits per heavy atom. The molecule has 2 amide bonds. The molecule has 1 aliphatic heterocycles. The van der Waals surface area contributed by atoms with Gasteiger partial charge in [-0.2, -0.15) is 0 Å². The average molecular weight is 361 g/mol. The van der Waals surface area contributed by atoms with Crippen LogP contribution in [0.4, 0.5) is 0 Å². The first-order valence-corrected chi connectivity index (χ1v) is 9.53. The van der Waals surface area contributed by atoms with Crippen LogP contribution in [0.1, 0.15) is 31.4 Å². The van der Waals surface area contributed by atoms with E-state index in [0.717, 1.165) is 38.2 Å². The first kappa shape index (κ1) is 20.4. The summed E-state index contributed by atoms with van der Waals surface area (Å²) in [5.74, 6) is 0.139. The standard InChI is InChI=1S/C20H32N4O2/c1-4-17(3)22-20(26)15-24-11-9-23(10-12-24)14-19(25)21-13-18-8-6-5-7-16(18)2/h5-8,17H,4,9-15H2,1-3H3,(H,21,25)(H,22,26). The normalized spacial score (nSPS) is 16.9. The van der Waals surface area contributed by atoms with Gasteiger partial charge in [-0.1, -0.05) is 31.2 Å². The number of aryl methyl sites for hydroxylation is 1. The van der Waals surface area contributed by atoms with Gasteiger partial charge in [0, 0.05) is 38.8 Å². The van der Waals surface area contributed by atoms with Crippen molar-refractivity contribution in [2.75, 3.05) is 39.3 Å². The molecule has 1 saturated heterocycles. The van der Waals surface area contributed by atoms with Crippen molar-refractivity contribution in [2.24, 2.45) is 0 Å². The third kappa shape index (κ3) is 6.77. The second-order valence-corrected chi connectivity index (χ2v) is 7.13. The lowest BCUT2D eigenvalue weighted by Gasteiger charge is -2.34. The van der Waals surface area contributed by atoms with Crippen molar-refractivity contribution in [1.82, 2.24) is 20.4 Å². The van der Waals surface area contributed by atoms with E-state index in [1.165, 1.54) is 5.56 Å². The van der Waals surface area contributed by atoms with E-state index in [9.17, 15) is 9.59 Å². The minimum Gasteiger partial charge on any atom is -0.353 e. The van der Waals surface area contributed by atoms with Gasteiger partial charge in [0.15, 0.2) is 0 Å². The highest BCUT2D eigenvalue weighted by Gasteiger charge is 2.20. The van der Waals surface area contributed by atoms with Crippen LogP contribution in [0.5, 0.6) is 0 Å². The summed E-state index contributed by atoms with van der Waals surface area (Å²) < 4.78 is 0. The van der Waals surface area contributed by atoms with Gasteiger partial charge in [0.25, 0.3) is 0 Å². The largest absolute Gasteiger partial charge is 0.353 e. The van der Waals surface area contributed by atoms with Gasteiger partial charge in [0.1, 0.15) is 0 Å². The third-order valence-electron chi connectivity index (χ3n) is 4.96. The van der Waals surface area contributed by atoms with E-state index < -0.39 is 0 Å². The molecule has 0 spiro atoms. The number of amides is 2. The summed E-state index contributed by atoms with van der Waals surface area (Å²) in [5.41, 5.74) is 2.34. The smallest absolute Gasteiger partial charge is 0.234 e. The van der Waals surface area contributed by atoms with Crippen molar-refractivity contribution >= 4 is 11.8 Å². The molecule has 1 aromatic carbocycles. The molecule has 1 atom stereocenters. The molecule has 0 saturated carbocycles. The number of hydrogen-bond acceptors (Lipinski definition) is 4. The molecule has 0 bridgehead atoms. The molecule has 0 aliphatic carbocycles. The molecule has 1 fully saturated rings. The summed E-state index contributed by atoms with van der Waals surface area (Å²) in [6.07, 6.45) is 0.942. The van der Waals surface area contributed by atoms with Crippen molar-refractivity contribution in [1.29, 1.82) is 0 Å². The molecule has 6 heteroatoms. The SMILES string of the molecule is CCC(C)NC(=O)CN1CCN(CC(=O)NCc2ccccc2C)CC1. The number of nitrogens with one attached hydrogen (secondary N) is 2. The molecule has 144 valence electrons. The van der Waals surface area contributed by atoms with E-state index >= 15 is 0 Å². The molecule has 0 aromatic heterocycles. The first-order chi connectivity index (χ1) is 12.5. The summed E-state index contributed by atoms with van der Waals surface area (Å²) in [6.45, 7) is 10.8. The van der Waals surface area contributed by atoms with E-state index in [1.807, 2.05) is 25.1 Å². The van der Waals surface area contributed by atoms with E-state index in [0.29, 0.717) is 19.6 Å². The number of hydrogen-bond donors (Lipinski definition) is 2. The zero-order valence-corrected chi connectivity index (χ0v) is 16.3. The van der Waals surface area contributed by atoms with Crippen molar-refractivity contribution in [3.63, 3.8) is 0 Å². The molecular weight excluding hydrogens is 328 g/mol. The summed E-state index contributed by atoms with van der Waals surface area (Å²) in [4.78, 5) is 28.4. The van der Waals surface area contributed by atoms with E-state index in [2.05, 4.69) is 40.3 Å². The molecule has 6 nitrogen and oxygen atoms in total. The Labute approximate surface area is 156 Å². The second-order valence-electron chi connectivity index (χ2n) is 7.13.